The molecule has 4 nitrogen and oxygen atoms in total. The van der Waals surface area contributed by atoms with Gasteiger partial charge in [-0.15, -0.1) is 0 Å². The van der Waals surface area contributed by atoms with Crippen molar-refractivity contribution in [2.24, 2.45) is 0 Å². The maximum Gasteiger partial charge on any atom is 0.363 e. The molecule has 1 aliphatic heterocycles. The Morgan fingerprint density at radius 1 is 0.857 bits per heavy atom. The van der Waals surface area contributed by atoms with E-state index in [0.29, 0.717) is 0 Å². The monoisotopic (exact) mass is 284 g/mol. The zero-order chi connectivity index (χ0) is 14.7. The van der Waals surface area contributed by atoms with Gasteiger partial charge in [0, 0.05) is 0 Å². The van der Waals surface area contributed by atoms with E-state index in [1.807, 2.05) is 60.7 Å². The summed E-state index contributed by atoms with van der Waals surface area (Å²) in [6.07, 6.45) is -1.67. The first-order chi connectivity index (χ1) is 10.3. The highest BCUT2D eigenvalue weighted by molar-refractivity contribution is 5.73. The molecule has 1 fully saturated rings. The predicted octanol–water partition coefficient (Wildman–Crippen LogP) is 3.01. The number of hydrogen-bond donors (Lipinski definition) is 0. The molecule has 1 aliphatic rings. The normalized spacial score (nSPS) is 22.1. The number of hydrogen-bond acceptors (Lipinski definition) is 4. The highest BCUT2D eigenvalue weighted by Gasteiger charge is 2.42. The van der Waals surface area contributed by atoms with Crippen LogP contribution in [0.5, 0.6) is 0 Å². The van der Waals surface area contributed by atoms with Crippen molar-refractivity contribution in [3.63, 3.8) is 0 Å². The quantitative estimate of drug-likeness (QED) is 0.813. The molecule has 0 amide bonds. The lowest BCUT2D eigenvalue weighted by Crippen LogP contribution is -2.22. The fourth-order valence-corrected chi connectivity index (χ4v) is 2.44. The van der Waals surface area contributed by atoms with Crippen LogP contribution in [0.15, 0.2) is 60.7 Å². The molecule has 4 heteroatoms. The minimum Gasteiger partial charge on any atom is -0.465 e. The molecule has 0 aliphatic carbocycles. The molecule has 0 bridgehead atoms. The van der Waals surface area contributed by atoms with E-state index in [9.17, 15) is 4.79 Å². The zero-order valence-corrected chi connectivity index (χ0v) is 11.6. The molecular weight excluding hydrogens is 268 g/mol. The Morgan fingerprint density at radius 2 is 1.29 bits per heavy atom. The predicted molar refractivity (Wildman–Crippen MR) is 76.3 cm³/mol. The van der Waals surface area contributed by atoms with Crippen molar-refractivity contribution in [3.8, 4) is 0 Å². The molecule has 21 heavy (non-hydrogen) atoms. The van der Waals surface area contributed by atoms with Gasteiger partial charge in [0.15, 0.2) is 0 Å². The van der Waals surface area contributed by atoms with Gasteiger partial charge in [-0.3, -0.25) is 0 Å². The molecule has 1 heterocycles. The summed E-state index contributed by atoms with van der Waals surface area (Å²) < 4.78 is 16.3. The Kier molecular flexibility index (Phi) is 3.99. The summed E-state index contributed by atoms with van der Waals surface area (Å²) in [6, 6.07) is 19.5. The molecule has 0 aromatic heterocycles. The zero-order valence-electron chi connectivity index (χ0n) is 11.6. The van der Waals surface area contributed by atoms with Crippen LogP contribution >= 0.6 is 0 Å². The second-order valence-corrected chi connectivity index (χ2v) is 4.79. The van der Waals surface area contributed by atoms with Crippen LogP contribution in [-0.4, -0.2) is 19.4 Å². The smallest absolute Gasteiger partial charge is 0.363 e. The Labute approximate surface area is 123 Å². The molecule has 0 saturated carbocycles. The summed E-state index contributed by atoms with van der Waals surface area (Å²) in [7, 11) is 1.32. The van der Waals surface area contributed by atoms with Gasteiger partial charge in [-0.2, -0.15) is 0 Å². The third-order valence-corrected chi connectivity index (χ3v) is 3.47. The van der Waals surface area contributed by atoms with Gasteiger partial charge in [0.25, 0.3) is 6.29 Å². The highest BCUT2D eigenvalue weighted by Crippen LogP contribution is 2.42. The largest absolute Gasteiger partial charge is 0.465 e. The number of carbonyl (C=O) groups is 1. The molecule has 0 unspecified atom stereocenters. The number of methoxy groups -OCH3 is 1. The minimum absolute atomic E-state index is 0.335. The molecule has 2 aromatic rings. The Balaban J connectivity index is 1.93. The average Bonchev–Trinajstić information content (AvgIpc) is 3.01. The number of rotatable bonds is 3. The summed E-state index contributed by atoms with van der Waals surface area (Å²) in [5, 5.41) is 0. The van der Waals surface area contributed by atoms with Gasteiger partial charge >= 0.3 is 5.97 Å². The van der Waals surface area contributed by atoms with E-state index in [-0.39, 0.29) is 12.2 Å². The molecule has 0 spiro atoms. The molecule has 108 valence electrons. The van der Waals surface area contributed by atoms with Gasteiger partial charge in [-0.25, -0.2) is 4.79 Å². The summed E-state index contributed by atoms with van der Waals surface area (Å²) in [5.41, 5.74) is 1.94. The fraction of sp³-hybridized carbons (Fsp3) is 0.235. The summed E-state index contributed by atoms with van der Waals surface area (Å²) in [6.45, 7) is 0. The van der Waals surface area contributed by atoms with Crippen molar-refractivity contribution < 1.29 is 19.0 Å². The number of esters is 1. The van der Waals surface area contributed by atoms with Crippen LogP contribution in [0, 0.1) is 0 Å². The van der Waals surface area contributed by atoms with Crippen molar-refractivity contribution >= 4 is 5.97 Å². The third kappa shape index (κ3) is 2.82. The lowest BCUT2D eigenvalue weighted by molar-refractivity contribution is -0.172. The topological polar surface area (TPSA) is 44.8 Å². The van der Waals surface area contributed by atoms with Crippen molar-refractivity contribution in [2.75, 3.05) is 7.11 Å². The van der Waals surface area contributed by atoms with Crippen molar-refractivity contribution in [1.29, 1.82) is 0 Å². The number of ether oxygens (including phenoxy) is 3. The molecule has 0 N–H and O–H groups in total. The summed E-state index contributed by atoms with van der Waals surface area (Å²) in [4.78, 5) is 11.7. The Hall–Kier alpha value is -2.17. The van der Waals surface area contributed by atoms with Gasteiger partial charge < -0.3 is 14.2 Å². The molecule has 0 radical (unpaired) electrons. The molecule has 1 saturated heterocycles. The number of benzene rings is 2. The molecular formula is C17H16O4. The Morgan fingerprint density at radius 3 is 1.67 bits per heavy atom. The van der Waals surface area contributed by atoms with Crippen LogP contribution in [0.3, 0.4) is 0 Å². The minimum atomic E-state index is -0.995. The molecule has 3 rings (SSSR count). The molecule has 2 aromatic carbocycles. The van der Waals surface area contributed by atoms with E-state index in [0.717, 1.165) is 11.1 Å². The maximum atomic E-state index is 11.7. The maximum absolute atomic E-state index is 11.7. The van der Waals surface area contributed by atoms with E-state index in [4.69, 9.17) is 14.2 Å². The Bertz CT molecular complexity index is 549. The van der Waals surface area contributed by atoms with Gasteiger partial charge in [0.05, 0.1) is 7.11 Å². The van der Waals surface area contributed by atoms with Crippen LogP contribution < -0.4 is 0 Å². The van der Waals surface area contributed by atoms with E-state index in [1.54, 1.807) is 0 Å². The van der Waals surface area contributed by atoms with E-state index in [2.05, 4.69) is 0 Å². The van der Waals surface area contributed by atoms with Crippen LogP contribution in [0.1, 0.15) is 23.3 Å². The van der Waals surface area contributed by atoms with Crippen LogP contribution in [0.4, 0.5) is 0 Å². The van der Waals surface area contributed by atoms with E-state index in [1.165, 1.54) is 7.11 Å². The highest BCUT2D eigenvalue weighted by atomic mass is 16.8. The average molecular weight is 284 g/mol. The lowest BCUT2D eigenvalue weighted by Gasteiger charge is -2.17. The third-order valence-electron chi connectivity index (χ3n) is 3.47. The van der Waals surface area contributed by atoms with Crippen LogP contribution in [0.2, 0.25) is 0 Å². The first-order valence-corrected chi connectivity index (χ1v) is 6.78. The first-order valence-electron chi connectivity index (χ1n) is 6.78. The van der Waals surface area contributed by atoms with E-state index >= 15 is 0 Å². The standard InChI is InChI=1S/C17H16O4/c1-19-16(18)17-20-14(12-8-4-2-5-9-12)15(21-17)13-10-6-3-7-11-13/h2-11,14-15,17H,1H3/t14-,15-/m1/s1. The fourth-order valence-electron chi connectivity index (χ4n) is 2.44. The van der Waals surface area contributed by atoms with Crippen molar-refractivity contribution in [2.45, 2.75) is 18.5 Å². The summed E-state index contributed by atoms with van der Waals surface area (Å²) in [5.74, 6) is -0.519. The second-order valence-electron chi connectivity index (χ2n) is 4.79. The van der Waals surface area contributed by atoms with Crippen molar-refractivity contribution in [1.82, 2.24) is 0 Å². The van der Waals surface area contributed by atoms with Gasteiger partial charge in [-0.1, -0.05) is 60.7 Å². The van der Waals surface area contributed by atoms with Gasteiger partial charge in [0.2, 0.25) is 0 Å². The SMILES string of the molecule is COC(=O)C1O[C@H](c2ccccc2)[C@@H](c2ccccc2)O1. The van der Waals surface area contributed by atoms with Crippen LogP contribution in [-0.2, 0) is 19.0 Å². The first kappa shape index (κ1) is 13.8. The van der Waals surface area contributed by atoms with Crippen LogP contribution in [0.25, 0.3) is 0 Å². The van der Waals surface area contributed by atoms with Gasteiger partial charge in [-0.05, 0) is 11.1 Å². The second kappa shape index (κ2) is 6.08. The number of carbonyl (C=O) groups excluding carboxylic acids is 1. The summed E-state index contributed by atoms with van der Waals surface area (Å²) >= 11 is 0. The van der Waals surface area contributed by atoms with Gasteiger partial charge in [0.1, 0.15) is 12.2 Å². The van der Waals surface area contributed by atoms with Crippen molar-refractivity contribution in [3.05, 3.63) is 71.8 Å². The van der Waals surface area contributed by atoms with E-state index < -0.39 is 12.3 Å². The molecule has 2 atom stereocenters. The lowest BCUT2D eigenvalue weighted by atomic mass is 9.99.